The van der Waals surface area contributed by atoms with Gasteiger partial charge < -0.3 is 0 Å². The molecule has 0 fully saturated rings. The maximum atomic E-state index is 12.7. The number of halogens is 2. The number of Topliss-reactive ketones (excluding diaryl/α,β-unsaturated/α-hetero) is 1. The zero-order valence-corrected chi connectivity index (χ0v) is 6.55. The fourth-order valence-electron chi connectivity index (χ4n) is 1.20. The Kier molecular flexibility index (Phi) is 1.69. The summed E-state index contributed by atoms with van der Waals surface area (Å²) in [6.07, 6.45) is 1.54. The van der Waals surface area contributed by atoms with Crippen LogP contribution in [0.5, 0.6) is 0 Å². The van der Waals surface area contributed by atoms with Crippen molar-refractivity contribution in [3.05, 3.63) is 29.3 Å². The minimum Gasteiger partial charge on any atom is -0.294 e. The summed E-state index contributed by atoms with van der Waals surface area (Å²) in [6.45, 7) is 0. The number of ketones is 1. The lowest BCUT2D eigenvalue weighted by Crippen LogP contribution is -2.05. The molecule has 1 aromatic rings. The molecule has 2 rings (SSSR count). The van der Waals surface area contributed by atoms with E-state index in [0.29, 0.717) is 0 Å². The quantitative estimate of drug-likeness (QED) is 0.603. The Morgan fingerprint density at radius 2 is 1.92 bits per heavy atom. The predicted octanol–water partition coefficient (Wildman–Crippen LogP) is 2.25. The normalized spacial score (nSPS) is 14.5. The number of nitrogens with zero attached hydrogens (tertiary/aromatic N) is 1. The van der Waals surface area contributed by atoms with E-state index in [1.807, 2.05) is 0 Å². The first-order chi connectivity index (χ1) is 6.18. The summed E-state index contributed by atoms with van der Waals surface area (Å²) in [4.78, 5) is 15.0. The molecule has 13 heavy (non-hydrogen) atoms. The third-order valence-electron chi connectivity index (χ3n) is 1.85. The molecule has 0 atom stereocenters. The fraction of sp³-hybridized carbons (Fsp3) is 0.111. The van der Waals surface area contributed by atoms with Crippen LogP contribution in [-0.4, -0.2) is 12.0 Å². The number of hydrogen-bond acceptors (Lipinski definition) is 2. The standard InChI is InChI=1S/C9H5F2NO/c10-6-3-5-8(4-7(6)11)12-2-1-9(5)13/h2-4H,1H2. The number of fused-ring (bicyclic) bond motifs is 1. The zero-order chi connectivity index (χ0) is 9.42. The Balaban J connectivity index is 2.67. The van der Waals surface area contributed by atoms with Gasteiger partial charge in [0.25, 0.3) is 0 Å². The minimum absolute atomic E-state index is 0.151. The van der Waals surface area contributed by atoms with Crippen LogP contribution in [0.1, 0.15) is 16.8 Å². The van der Waals surface area contributed by atoms with Gasteiger partial charge in [0.2, 0.25) is 0 Å². The van der Waals surface area contributed by atoms with E-state index in [1.165, 1.54) is 6.21 Å². The van der Waals surface area contributed by atoms with Gasteiger partial charge in [0.05, 0.1) is 5.69 Å². The Morgan fingerprint density at radius 3 is 2.69 bits per heavy atom. The maximum Gasteiger partial charge on any atom is 0.170 e. The highest BCUT2D eigenvalue weighted by Crippen LogP contribution is 2.26. The van der Waals surface area contributed by atoms with E-state index in [4.69, 9.17) is 0 Å². The second-order valence-corrected chi connectivity index (χ2v) is 2.72. The van der Waals surface area contributed by atoms with Crippen LogP contribution >= 0.6 is 0 Å². The average molecular weight is 181 g/mol. The molecule has 4 heteroatoms. The Bertz CT molecular complexity index is 412. The molecule has 66 valence electrons. The summed E-state index contributed by atoms with van der Waals surface area (Å²) in [5.41, 5.74) is 0.358. The molecule has 0 aromatic heterocycles. The highest BCUT2D eigenvalue weighted by atomic mass is 19.2. The van der Waals surface area contributed by atoms with Gasteiger partial charge in [-0.05, 0) is 6.07 Å². The predicted molar refractivity (Wildman–Crippen MR) is 43.5 cm³/mol. The maximum absolute atomic E-state index is 12.7. The highest BCUT2D eigenvalue weighted by Gasteiger charge is 2.17. The van der Waals surface area contributed by atoms with E-state index in [0.717, 1.165) is 12.1 Å². The Morgan fingerprint density at radius 1 is 1.23 bits per heavy atom. The van der Waals surface area contributed by atoms with Crippen molar-refractivity contribution < 1.29 is 13.6 Å². The lowest BCUT2D eigenvalue weighted by molar-refractivity contribution is 0.100. The largest absolute Gasteiger partial charge is 0.294 e. The van der Waals surface area contributed by atoms with Crippen LogP contribution in [0, 0.1) is 11.6 Å². The molecule has 0 bridgehead atoms. The van der Waals surface area contributed by atoms with Crippen LogP contribution in [0.25, 0.3) is 0 Å². The molecule has 0 saturated carbocycles. The fourth-order valence-corrected chi connectivity index (χ4v) is 1.20. The molecule has 1 aliphatic heterocycles. The van der Waals surface area contributed by atoms with Gasteiger partial charge in [0.15, 0.2) is 17.4 Å². The molecule has 2 nitrogen and oxygen atoms in total. The van der Waals surface area contributed by atoms with Crippen molar-refractivity contribution in [1.29, 1.82) is 0 Å². The molecule has 0 saturated heterocycles. The van der Waals surface area contributed by atoms with Crippen LogP contribution in [0.2, 0.25) is 0 Å². The number of hydrogen-bond donors (Lipinski definition) is 0. The van der Waals surface area contributed by atoms with Crippen molar-refractivity contribution in [3.63, 3.8) is 0 Å². The Labute approximate surface area is 72.9 Å². The zero-order valence-electron chi connectivity index (χ0n) is 6.55. The van der Waals surface area contributed by atoms with E-state index in [-0.39, 0.29) is 23.5 Å². The first kappa shape index (κ1) is 8.04. The third-order valence-corrected chi connectivity index (χ3v) is 1.85. The summed E-state index contributed by atoms with van der Waals surface area (Å²) in [5.74, 6) is -2.22. The van der Waals surface area contributed by atoms with Crippen LogP contribution < -0.4 is 0 Å². The topological polar surface area (TPSA) is 29.4 Å². The molecule has 0 radical (unpaired) electrons. The molecule has 0 aliphatic carbocycles. The monoisotopic (exact) mass is 181 g/mol. The number of carbonyl (C=O) groups is 1. The van der Waals surface area contributed by atoms with Gasteiger partial charge >= 0.3 is 0 Å². The second kappa shape index (κ2) is 2.73. The molecule has 1 aliphatic rings. The summed E-state index contributed by atoms with van der Waals surface area (Å²) in [7, 11) is 0. The van der Waals surface area contributed by atoms with Gasteiger partial charge in [-0.2, -0.15) is 0 Å². The number of aliphatic imine (C=N–C) groups is 1. The molecule has 0 spiro atoms. The van der Waals surface area contributed by atoms with E-state index < -0.39 is 11.6 Å². The van der Waals surface area contributed by atoms with Crippen molar-refractivity contribution >= 4 is 17.7 Å². The van der Waals surface area contributed by atoms with Crippen LogP contribution in [0.15, 0.2) is 17.1 Å². The summed E-state index contributed by atoms with van der Waals surface area (Å²) in [5, 5.41) is 0. The van der Waals surface area contributed by atoms with Crippen LogP contribution in [0.4, 0.5) is 14.5 Å². The molecular formula is C9H5F2NO. The first-order valence-electron chi connectivity index (χ1n) is 3.73. The van der Waals surface area contributed by atoms with E-state index in [1.54, 1.807) is 0 Å². The molecule has 0 N–H and O–H groups in total. The SMILES string of the molecule is O=C1CC=Nc2cc(F)c(F)cc21. The van der Waals surface area contributed by atoms with Crippen molar-refractivity contribution in [1.82, 2.24) is 0 Å². The summed E-state index contributed by atoms with van der Waals surface area (Å²) < 4.78 is 25.4. The molecule has 0 unspecified atom stereocenters. The number of benzene rings is 1. The first-order valence-corrected chi connectivity index (χ1v) is 3.73. The van der Waals surface area contributed by atoms with Crippen molar-refractivity contribution in [2.75, 3.05) is 0 Å². The van der Waals surface area contributed by atoms with Crippen LogP contribution in [0.3, 0.4) is 0 Å². The average Bonchev–Trinajstić information content (AvgIpc) is 2.09. The summed E-state index contributed by atoms with van der Waals surface area (Å²) >= 11 is 0. The van der Waals surface area contributed by atoms with Gasteiger partial charge in [-0.25, -0.2) is 8.78 Å². The molecular weight excluding hydrogens is 176 g/mol. The minimum atomic E-state index is -1.01. The third kappa shape index (κ3) is 1.24. The summed E-state index contributed by atoms with van der Waals surface area (Å²) in [6, 6.07) is 1.82. The lowest BCUT2D eigenvalue weighted by atomic mass is 10.0. The lowest BCUT2D eigenvalue weighted by Gasteiger charge is -2.08. The van der Waals surface area contributed by atoms with Crippen molar-refractivity contribution in [2.24, 2.45) is 4.99 Å². The van der Waals surface area contributed by atoms with Gasteiger partial charge in [-0.15, -0.1) is 0 Å². The molecule has 1 aromatic carbocycles. The highest BCUT2D eigenvalue weighted by molar-refractivity contribution is 6.09. The second-order valence-electron chi connectivity index (χ2n) is 2.72. The van der Waals surface area contributed by atoms with E-state index in [9.17, 15) is 13.6 Å². The molecule has 0 amide bonds. The smallest absolute Gasteiger partial charge is 0.170 e. The number of rotatable bonds is 0. The van der Waals surface area contributed by atoms with Crippen molar-refractivity contribution in [2.45, 2.75) is 6.42 Å². The van der Waals surface area contributed by atoms with Crippen LogP contribution in [-0.2, 0) is 0 Å². The van der Waals surface area contributed by atoms with Gasteiger partial charge in [-0.1, -0.05) is 0 Å². The number of carbonyl (C=O) groups excluding carboxylic acids is 1. The van der Waals surface area contributed by atoms with Gasteiger partial charge in [0, 0.05) is 24.3 Å². The van der Waals surface area contributed by atoms with E-state index in [2.05, 4.69) is 4.99 Å². The van der Waals surface area contributed by atoms with Crippen molar-refractivity contribution in [3.8, 4) is 0 Å². The van der Waals surface area contributed by atoms with E-state index >= 15 is 0 Å². The molecule has 1 heterocycles. The van der Waals surface area contributed by atoms with Gasteiger partial charge in [-0.3, -0.25) is 9.79 Å². The Hall–Kier alpha value is -1.58. The van der Waals surface area contributed by atoms with Gasteiger partial charge in [0.1, 0.15) is 0 Å².